The van der Waals surface area contributed by atoms with E-state index < -0.39 is 0 Å². The molecule has 0 amide bonds. The summed E-state index contributed by atoms with van der Waals surface area (Å²) < 4.78 is 4.73. The van der Waals surface area contributed by atoms with Crippen LogP contribution in [0.15, 0.2) is 206 Å². The molecule has 4 nitrogen and oxygen atoms in total. The first kappa shape index (κ1) is 32.4. The van der Waals surface area contributed by atoms with Crippen LogP contribution in [0.3, 0.4) is 0 Å². The van der Waals surface area contributed by atoms with Crippen LogP contribution in [0.2, 0.25) is 0 Å². The molecule has 0 N–H and O–H groups in total. The molecule has 0 atom stereocenters. The van der Waals surface area contributed by atoms with Gasteiger partial charge in [0.1, 0.15) is 0 Å². The molecule has 12 aromatic rings. The molecular weight excluding hydrogens is 705 g/mol. The molecule has 9 aromatic carbocycles. The number of para-hydroxylation sites is 2. The Morgan fingerprint density at radius 1 is 0.328 bits per heavy atom. The van der Waals surface area contributed by atoms with E-state index >= 15 is 0 Å². The number of fused-ring (bicyclic) bond motifs is 10. The molecule has 0 saturated heterocycles. The van der Waals surface area contributed by atoms with E-state index in [4.69, 9.17) is 9.97 Å². The maximum absolute atomic E-state index is 5.50. The lowest BCUT2D eigenvalue weighted by Crippen LogP contribution is -2.04. The number of hydrogen-bond donors (Lipinski definition) is 0. The average molecular weight is 739 g/mol. The van der Waals surface area contributed by atoms with Gasteiger partial charge in [-0.1, -0.05) is 170 Å². The van der Waals surface area contributed by atoms with Crippen molar-refractivity contribution in [3.05, 3.63) is 206 Å². The zero-order valence-corrected chi connectivity index (χ0v) is 31.4. The highest BCUT2D eigenvalue weighted by atomic mass is 15.2. The molecule has 0 radical (unpaired) electrons. The highest BCUT2D eigenvalue weighted by Crippen LogP contribution is 2.44. The molecule has 3 aromatic heterocycles. The molecule has 0 aliphatic carbocycles. The predicted molar refractivity (Wildman–Crippen MR) is 242 cm³/mol. The highest BCUT2D eigenvalue weighted by Gasteiger charge is 2.24. The lowest BCUT2D eigenvalue weighted by molar-refractivity contribution is 1.02. The molecule has 3 heterocycles. The summed E-state index contributed by atoms with van der Waals surface area (Å²) in [6.45, 7) is 0. The number of hydrogen-bond acceptors (Lipinski definition) is 2. The Morgan fingerprint density at radius 3 is 1.71 bits per heavy atom. The van der Waals surface area contributed by atoms with Crippen LogP contribution in [0, 0.1) is 0 Å². The Bertz CT molecular complexity index is 3540. The van der Waals surface area contributed by atoms with Crippen molar-refractivity contribution in [2.75, 3.05) is 0 Å². The van der Waals surface area contributed by atoms with Crippen LogP contribution in [0.4, 0.5) is 0 Å². The first-order valence-electron chi connectivity index (χ1n) is 19.8. The molecular formula is C54H34N4. The van der Waals surface area contributed by atoms with Gasteiger partial charge in [0.2, 0.25) is 5.95 Å². The Labute approximate surface area is 334 Å². The van der Waals surface area contributed by atoms with Crippen LogP contribution in [-0.4, -0.2) is 19.1 Å². The van der Waals surface area contributed by atoms with Gasteiger partial charge >= 0.3 is 0 Å². The van der Waals surface area contributed by atoms with Crippen molar-refractivity contribution in [3.63, 3.8) is 0 Å². The predicted octanol–water partition coefficient (Wildman–Crippen LogP) is 14.0. The van der Waals surface area contributed by atoms with E-state index in [1.807, 2.05) is 0 Å². The fourth-order valence-electron chi connectivity index (χ4n) is 9.10. The zero-order chi connectivity index (χ0) is 38.2. The lowest BCUT2D eigenvalue weighted by Gasteiger charge is -2.13. The Balaban J connectivity index is 1.16. The quantitative estimate of drug-likeness (QED) is 0.176. The molecule has 0 spiro atoms. The molecule has 0 aliphatic rings. The number of rotatable bonds is 5. The van der Waals surface area contributed by atoms with Crippen molar-refractivity contribution in [3.8, 4) is 45.1 Å². The van der Waals surface area contributed by atoms with Crippen molar-refractivity contribution in [1.82, 2.24) is 19.1 Å². The lowest BCUT2D eigenvalue weighted by atomic mass is 10.0. The first-order valence-corrected chi connectivity index (χ1v) is 19.8. The summed E-state index contributed by atoms with van der Waals surface area (Å²) in [7, 11) is 0. The van der Waals surface area contributed by atoms with E-state index in [1.165, 1.54) is 54.7 Å². The summed E-state index contributed by atoms with van der Waals surface area (Å²) in [6.07, 6.45) is 0. The van der Waals surface area contributed by atoms with Crippen molar-refractivity contribution < 1.29 is 0 Å². The molecule has 0 saturated carbocycles. The summed E-state index contributed by atoms with van der Waals surface area (Å²) in [5, 5.41) is 8.15. The maximum Gasteiger partial charge on any atom is 0.235 e. The van der Waals surface area contributed by atoms with Crippen molar-refractivity contribution in [2.45, 2.75) is 0 Å². The van der Waals surface area contributed by atoms with Crippen molar-refractivity contribution >= 4 is 65.3 Å². The monoisotopic (exact) mass is 738 g/mol. The SMILES string of the molecule is c1ccc(-c2ccc(-c3nc(-n4c5ccc6c(c7ccccc7n6-c6cccc(-c7ccccc7)c6)c5c5ccc6ccccc6c54)nc4ccccc34)cc2)cc1. The summed E-state index contributed by atoms with van der Waals surface area (Å²) in [4.78, 5) is 10.9. The van der Waals surface area contributed by atoms with Gasteiger partial charge in [0.15, 0.2) is 0 Å². The summed E-state index contributed by atoms with van der Waals surface area (Å²) in [5.41, 5.74) is 13.2. The normalized spacial score (nSPS) is 11.8. The number of aromatic nitrogens is 4. The van der Waals surface area contributed by atoms with Crippen LogP contribution in [-0.2, 0) is 0 Å². The minimum atomic E-state index is 0.649. The highest BCUT2D eigenvalue weighted by molar-refractivity contribution is 6.31. The van der Waals surface area contributed by atoms with Gasteiger partial charge in [-0.25, -0.2) is 9.97 Å². The topological polar surface area (TPSA) is 35.6 Å². The molecule has 12 rings (SSSR count). The van der Waals surface area contributed by atoms with Crippen molar-refractivity contribution in [1.29, 1.82) is 0 Å². The third-order valence-corrected chi connectivity index (χ3v) is 11.7. The van der Waals surface area contributed by atoms with E-state index in [-0.39, 0.29) is 0 Å². The summed E-state index contributed by atoms with van der Waals surface area (Å²) in [6, 6.07) is 73.7. The van der Waals surface area contributed by atoms with Gasteiger partial charge in [0, 0.05) is 43.6 Å². The van der Waals surface area contributed by atoms with Gasteiger partial charge in [0.05, 0.1) is 33.3 Å². The molecule has 270 valence electrons. The minimum Gasteiger partial charge on any atom is -0.309 e. The first-order chi connectivity index (χ1) is 28.8. The van der Waals surface area contributed by atoms with Crippen molar-refractivity contribution in [2.24, 2.45) is 0 Å². The Kier molecular flexibility index (Phi) is 7.20. The van der Waals surface area contributed by atoms with Gasteiger partial charge < -0.3 is 4.57 Å². The van der Waals surface area contributed by atoms with Crippen LogP contribution in [0.5, 0.6) is 0 Å². The molecule has 0 unspecified atom stereocenters. The smallest absolute Gasteiger partial charge is 0.235 e. The van der Waals surface area contributed by atoms with Crippen LogP contribution in [0.25, 0.3) is 110 Å². The third kappa shape index (κ3) is 4.95. The van der Waals surface area contributed by atoms with Crippen LogP contribution >= 0.6 is 0 Å². The number of nitrogens with zero attached hydrogens (tertiary/aromatic N) is 4. The van der Waals surface area contributed by atoms with Crippen LogP contribution in [0.1, 0.15) is 0 Å². The maximum atomic E-state index is 5.50. The minimum absolute atomic E-state index is 0.649. The second-order valence-electron chi connectivity index (χ2n) is 15.0. The molecule has 58 heavy (non-hydrogen) atoms. The van der Waals surface area contributed by atoms with Gasteiger partial charge in [-0.3, -0.25) is 4.57 Å². The van der Waals surface area contributed by atoms with E-state index in [0.717, 1.165) is 49.8 Å². The average Bonchev–Trinajstić information content (AvgIpc) is 3.83. The zero-order valence-electron chi connectivity index (χ0n) is 31.4. The van der Waals surface area contributed by atoms with E-state index in [0.29, 0.717) is 5.95 Å². The van der Waals surface area contributed by atoms with Gasteiger partial charge in [-0.2, -0.15) is 0 Å². The Hall–Kier alpha value is -7.82. The standard InChI is InChI=1S/C54H34N4/c1-3-14-35(15-4-1)37-26-28-39(29-27-37)52-43-22-9-11-24-46(43)55-54(56-52)58-49-33-32-48-50(51(49)45-31-30-38-18-7-8-21-42(38)53(45)58)44-23-10-12-25-47(44)57(48)41-20-13-19-40(34-41)36-16-5-2-6-17-36/h1-34H. The van der Waals surface area contributed by atoms with Gasteiger partial charge in [0.25, 0.3) is 0 Å². The second kappa shape index (κ2) is 12.9. The third-order valence-electron chi connectivity index (χ3n) is 11.7. The van der Waals surface area contributed by atoms with E-state index in [1.54, 1.807) is 0 Å². The summed E-state index contributed by atoms with van der Waals surface area (Å²) in [5.74, 6) is 0.649. The van der Waals surface area contributed by atoms with Crippen LogP contribution < -0.4 is 0 Å². The fraction of sp³-hybridized carbons (Fsp3) is 0. The van der Waals surface area contributed by atoms with Gasteiger partial charge in [-0.05, 0) is 64.0 Å². The molecule has 0 bridgehead atoms. The molecule has 0 fully saturated rings. The molecule has 4 heteroatoms. The fourth-order valence-corrected chi connectivity index (χ4v) is 9.10. The van der Waals surface area contributed by atoms with E-state index in [9.17, 15) is 0 Å². The number of benzene rings is 9. The second-order valence-corrected chi connectivity index (χ2v) is 15.0. The summed E-state index contributed by atoms with van der Waals surface area (Å²) >= 11 is 0. The molecule has 0 aliphatic heterocycles. The van der Waals surface area contributed by atoms with Gasteiger partial charge in [-0.15, -0.1) is 0 Å². The Morgan fingerprint density at radius 2 is 0.914 bits per heavy atom. The largest absolute Gasteiger partial charge is 0.309 e. The van der Waals surface area contributed by atoms with E-state index in [2.05, 4.69) is 215 Å².